The summed E-state index contributed by atoms with van der Waals surface area (Å²) in [6.45, 7) is 21.9. The number of anilines is 1. The van der Waals surface area contributed by atoms with E-state index in [0.29, 0.717) is 11.3 Å². The fraction of sp³-hybridized carbons (Fsp3) is 0.684. The first-order chi connectivity index (χ1) is 12.6. The molecule has 0 spiro atoms. The summed E-state index contributed by atoms with van der Waals surface area (Å²) in [5.41, 5.74) is 1.49. The van der Waals surface area contributed by atoms with Crippen LogP contribution in [0, 0.1) is 0 Å². The van der Waals surface area contributed by atoms with Crippen molar-refractivity contribution in [1.82, 2.24) is 19.2 Å². The molecule has 156 valence electrons. The molecule has 0 saturated carbocycles. The lowest BCUT2D eigenvalue weighted by molar-refractivity contribution is -0.133. The number of fused-ring (bicyclic) bond motifs is 1. The Morgan fingerprint density at radius 3 is 2.18 bits per heavy atom. The second kappa shape index (κ2) is 7.25. The summed E-state index contributed by atoms with van der Waals surface area (Å²) in [7, 11) is -4.00. The van der Waals surface area contributed by atoms with Crippen LogP contribution in [0.2, 0.25) is 36.3 Å². The van der Waals surface area contributed by atoms with Gasteiger partial charge in [-0.2, -0.15) is 0 Å². The van der Waals surface area contributed by atoms with Crippen molar-refractivity contribution in [3.8, 4) is 0 Å². The maximum atomic E-state index is 12.4. The van der Waals surface area contributed by atoms with Gasteiger partial charge < -0.3 is 14.0 Å². The molecule has 0 aliphatic heterocycles. The maximum Gasteiger partial charge on any atom is 0.312 e. The molecule has 28 heavy (non-hydrogen) atoms. The third-order valence-corrected chi connectivity index (χ3v) is 15.9. The van der Waals surface area contributed by atoms with E-state index in [0.717, 1.165) is 5.65 Å². The molecule has 0 amide bonds. The highest BCUT2D eigenvalue weighted by atomic mass is 28.4. The molecule has 2 rings (SSSR count). The number of carbonyl (C=O) groups excluding carboxylic acids is 1. The zero-order valence-corrected chi connectivity index (χ0v) is 21.0. The third kappa shape index (κ3) is 4.30. The van der Waals surface area contributed by atoms with E-state index in [2.05, 4.69) is 92.2 Å². The van der Waals surface area contributed by atoms with Gasteiger partial charge in [-0.25, -0.2) is 15.0 Å². The van der Waals surface area contributed by atoms with Crippen LogP contribution in [0.25, 0.3) is 11.2 Å². The monoisotopic (exact) mass is 421 g/mol. The first kappa shape index (κ1) is 22.5. The number of rotatable bonds is 5. The van der Waals surface area contributed by atoms with Gasteiger partial charge >= 0.3 is 5.97 Å². The molecule has 0 atom stereocenters. The van der Waals surface area contributed by atoms with E-state index in [-0.39, 0.29) is 22.6 Å². The molecule has 0 aliphatic carbocycles. The van der Waals surface area contributed by atoms with Gasteiger partial charge in [0.15, 0.2) is 19.7 Å². The van der Waals surface area contributed by atoms with Gasteiger partial charge in [-0.3, -0.25) is 4.79 Å². The number of hydrogen-bond donors (Lipinski definition) is 1. The minimum Gasteiger partial charge on any atom is -0.518 e. The van der Waals surface area contributed by atoms with Gasteiger partial charge in [0.25, 0.3) is 8.32 Å². The Kier molecular flexibility index (Phi) is 5.84. The molecule has 0 aromatic carbocycles. The predicted molar refractivity (Wildman–Crippen MR) is 120 cm³/mol. The quantitative estimate of drug-likeness (QED) is 0.708. The molecule has 0 fully saturated rings. The Morgan fingerprint density at radius 2 is 1.64 bits per heavy atom. The Morgan fingerprint density at radius 1 is 1.04 bits per heavy atom. The van der Waals surface area contributed by atoms with Gasteiger partial charge in [-0.05, 0) is 23.2 Å². The summed E-state index contributed by atoms with van der Waals surface area (Å²) in [4.78, 5) is 25.7. The Balaban J connectivity index is 2.23. The van der Waals surface area contributed by atoms with E-state index >= 15 is 0 Å². The highest BCUT2D eigenvalue weighted by Crippen LogP contribution is 2.38. The van der Waals surface area contributed by atoms with Crippen molar-refractivity contribution in [2.24, 2.45) is 0 Å². The van der Waals surface area contributed by atoms with Gasteiger partial charge in [0.2, 0.25) is 0 Å². The van der Waals surface area contributed by atoms with Crippen molar-refractivity contribution in [2.45, 2.75) is 77.8 Å². The minimum absolute atomic E-state index is 0.0210. The summed E-state index contributed by atoms with van der Waals surface area (Å²) in [5, 5.41) is 3.23. The van der Waals surface area contributed by atoms with Gasteiger partial charge in [-0.15, -0.1) is 0 Å². The minimum atomic E-state index is -2.14. The first-order valence-corrected chi connectivity index (χ1v) is 15.6. The standard InChI is InChI=1S/C19H35N5O2Si2/c1-18(2,3)27(7,8)24-13-23-15-16(21-12-22-17(15)24)20-11-14(25)26-28(9,10)19(4,5)6/h12-13H,11H2,1-10H3,(H,20,21,22). The Labute approximate surface area is 170 Å². The van der Waals surface area contributed by atoms with Crippen LogP contribution in [0.15, 0.2) is 12.7 Å². The smallest absolute Gasteiger partial charge is 0.312 e. The molecule has 1 N–H and O–H groups in total. The zero-order valence-electron chi connectivity index (χ0n) is 19.0. The molecule has 0 radical (unpaired) electrons. The van der Waals surface area contributed by atoms with Crippen LogP contribution in [-0.4, -0.2) is 48.3 Å². The summed E-state index contributed by atoms with van der Waals surface area (Å²) in [6, 6.07) is 0. The van der Waals surface area contributed by atoms with E-state index in [1.165, 1.54) is 6.33 Å². The Bertz CT molecular complexity index is 863. The normalized spacial score (nSPS) is 13.6. The summed E-state index contributed by atoms with van der Waals surface area (Å²) < 4.78 is 8.03. The van der Waals surface area contributed by atoms with Crippen molar-refractivity contribution in [2.75, 3.05) is 11.9 Å². The molecule has 0 saturated heterocycles. The number of aromatic nitrogens is 4. The molecular formula is C19H35N5O2Si2. The number of carbonyl (C=O) groups is 1. The van der Waals surface area contributed by atoms with E-state index in [1.807, 2.05) is 6.33 Å². The third-order valence-electron chi connectivity index (χ3n) is 6.35. The average molecular weight is 422 g/mol. The molecular weight excluding hydrogens is 386 g/mol. The van der Waals surface area contributed by atoms with Crippen LogP contribution in [0.5, 0.6) is 0 Å². The largest absolute Gasteiger partial charge is 0.518 e. The second-order valence-corrected chi connectivity index (χ2v) is 20.2. The molecule has 2 aromatic rings. The lowest BCUT2D eigenvalue weighted by Crippen LogP contribution is -2.45. The number of nitrogens with zero attached hydrogens (tertiary/aromatic N) is 4. The average Bonchev–Trinajstić information content (AvgIpc) is 2.95. The van der Waals surface area contributed by atoms with E-state index in [1.54, 1.807) is 0 Å². The topological polar surface area (TPSA) is 81.9 Å². The molecule has 2 heterocycles. The second-order valence-electron chi connectivity index (χ2n) is 10.4. The van der Waals surface area contributed by atoms with Crippen molar-refractivity contribution >= 4 is 39.5 Å². The number of imidazole rings is 1. The first-order valence-electron chi connectivity index (χ1n) is 9.72. The summed E-state index contributed by atoms with van der Waals surface area (Å²) in [5.74, 6) is 0.303. The molecule has 0 bridgehead atoms. The van der Waals surface area contributed by atoms with Crippen LogP contribution >= 0.6 is 0 Å². The fourth-order valence-corrected chi connectivity index (χ4v) is 5.07. The van der Waals surface area contributed by atoms with Gasteiger partial charge in [0, 0.05) is 0 Å². The molecule has 0 unspecified atom stereocenters. The number of nitrogens with one attached hydrogen (secondary N) is 1. The summed E-state index contributed by atoms with van der Waals surface area (Å²) >= 11 is 0. The van der Waals surface area contributed by atoms with Crippen LogP contribution in [-0.2, 0) is 9.22 Å². The highest BCUT2D eigenvalue weighted by Gasteiger charge is 2.41. The van der Waals surface area contributed by atoms with E-state index < -0.39 is 16.6 Å². The Hall–Kier alpha value is -1.75. The van der Waals surface area contributed by atoms with E-state index in [4.69, 9.17) is 4.43 Å². The lowest BCUT2D eigenvalue weighted by atomic mass is 10.2. The molecule has 2 aromatic heterocycles. The number of hydrogen-bond acceptors (Lipinski definition) is 6. The predicted octanol–water partition coefficient (Wildman–Crippen LogP) is 4.64. The molecule has 9 heteroatoms. The van der Waals surface area contributed by atoms with Crippen LogP contribution in [0.1, 0.15) is 41.5 Å². The maximum absolute atomic E-state index is 12.4. The van der Waals surface area contributed by atoms with Crippen molar-refractivity contribution < 1.29 is 9.22 Å². The van der Waals surface area contributed by atoms with Crippen LogP contribution < -0.4 is 5.32 Å². The summed E-state index contributed by atoms with van der Waals surface area (Å²) in [6.07, 6.45) is 3.38. The highest BCUT2D eigenvalue weighted by molar-refractivity contribution is 6.79. The zero-order chi connectivity index (χ0) is 21.5. The van der Waals surface area contributed by atoms with Gasteiger partial charge in [0.05, 0.1) is 6.33 Å². The van der Waals surface area contributed by atoms with E-state index in [9.17, 15) is 4.79 Å². The van der Waals surface area contributed by atoms with Gasteiger partial charge in [-0.1, -0.05) is 54.6 Å². The van der Waals surface area contributed by atoms with Crippen LogP contribution in [0.3, 0.4) is 0 Å². The fourth-order valence-electron chi connectivity index (χ4n) is 2.36. The molecule has 0 aliphatic rings. The molecule has 7 nitrogen and oxygen atoms in total. The van der Waals surface area contributed by atoms with Crippen molar-refractivity contribution in [3.63, 3.8) is 0 Å². The van der Waals surface area contributed by atoms with Crippen LogP contribution in [0.4, 0.5) is 5.82 Å². The van der Waals surface area contributed by atoms with Crippen molar-refractivity contribution in [3.05, 3.63) is 12.7 Å². The SMILES string of the molecule is CC(C)(C)[Si](C)(C)OC(=O)CNc1ncnc2c1ncn2[Si](C)(C)C(C)(C)C. The van der Waals surface area contributed by atoms with Crippen molar-refractivity contribution in [1.29, 1.82) is 0 Å². The van der Waals surface area contributed by atoms with Gasteiger partial charge in [0.1, 0.15) is 18.4 Å². The lowest BCUT2D eigenvalue weighted by Gasteiger charge is -2.37.